The third-order valence-corrected chi connectivity index (χ3v) is 1.63. The number of amides is 2. The molecule has 5 heteroatoms. The molecule has 0 aliphatic heterocycles. The van der Waals surface area contributed by atoms with E-state index in [2.05, 4.69) is 5.32 Å². The summed E-state index contributed by atoms with van der Waals surface area (Å²) in [5.41, 5.74) is 4.94. The lowest BCUT2D eigenvalue weighted by molar-refractivity contribution is -0.130. The van der Waals surface area contributed by atoms with Crippen LogP contribution in [-0.4, -0.2) is 43.4 Å². The monoisotopic (exact) mass is 187 g/mol. The Morgan fingerprint density at radius 1 is 1.46 bits per heavy atom. The van der Waals surface area contributed by atoms with Gasteiger partial charge in [-0.3, -0.25) is 9.59 Å². The number of hydrogen-bond acceptors (Lipinski definition) is 3. The maximum Gasteiger partial charge on any atom is 0.238 e. The van der Waals surface area contributed by atoms with E-state index in [9.17, 15) is 9.59 Å². The van der Waals surface area contributed by atoms with E-state index in [0.717, 1.165) is 0 Å². The van der Waals surface area contributed by atoms with Crippen LogP contribution < -0.4 is 11.1 Å². The molecule has 0 bridgehead atoms. The molecule has 0 aliphatic rings. The van der Waals surface area contributed by atoms with Gasteiger partial charge in [-0.2, -0.15) is 0 Å². The molecule has 0 saturated heterocycles. The molecule has 3 N–H and O–H groups in total. The van der Waals surface area contributed by atoms with Gasteiger partial charge in [-0.1, -0.05) is 0 Å². The van der Waals surface area contributed by atoms with Crippen LogP contribution in [0.25, 0.3) is 0 Å². The van der Waals surface area contributed by atoms with Gasteiger partial charge in [0.1, 0.15) is 0 Å². The first-order chi connectivity index (χ1) is 5.95. The first-order valence-electron chi connectivity index (χ1n) is 4.18. The Morgan fingerprint density at radius 3 is 2.38 bits per heavy atom. The number of rotatable bonds is 5. The van der Waals surface area contributed by atoms with Gasteiger partial charge in [0.05, 0.1) is 6.04 Å². The number of nitrogens with two attached hydrogens (primary N) is 1. The van der Waals surface area contributed by atoms with Gasteiger partial charge in [0, 0.05) is 27.1 Å². The Labute approximate surface area is 78.3 Å². The topological polar surface area (TPSA) is 75.4 Å². The number of carbonyl (C=O) groups excluding carboxylic acids is 2. The Kier molecular flexibility index (Phi) is 5.06. The third-order valence-electron chi connectivity index (χ3n) is 1.63. The molecule has 0 aromatic heterocycles. The molecule has 0 rings (SSSR count). The molecule has 1 atom stereocenters. The Balaban J connectivity index is 3.68. The highest BCUT2D eigenvalue weighted by Crippen LogP contribution is 1.88. The highest BCUT2D eigenvalue weighted by molar-refractivity contribution is 5.81. The largest absolute Gasteiger partial charge is 0.370 e. The van der Waals surface area contributed by atoms with Crippen LogP contribution in [0.3, 0.4) is 0 Å². The van der Waals surface area contributed by atoms with Gasteiger partial charge in [-0.15, -0.1) is 0 Å². The highest BCUT2D eigenvalue weighted by atomic mass is 16.2. The lowest BCUT2D eigenvalue weighted by atomic mass is 10.3. The first-order valence-corrected chi connectivity index (χ1v) is 4.18. The molecular formula is C8H17N3O2. The lowest BCUT2D eigenvalue weighted by Crippen LogP contribution is -2.42. The molecule has 0 radical (unpaired) electrons. The van der Waals surface area contributed by atoms with Crippen molar-refractivity contribution in [1.82, 2.24) is 10.2 Å². The quantitative estimate of drug-likeness (QED) is 0.575. The summed E-state index contributed by atoms with van der Waals surface area (Å²) in [5.74, 6) is -0.374. The van der Waals surface area contributed by atoms with E-state index in [0.29, 0.717) is 6.54 Å². The Bertz CT molecular complexity index is 192. The van der Waals surface area contributed by atoms with Crippen LogP contribution in [0.2, 0.25) is 0 Å². The van der Waals surface area contributed by atoms with Gasteiger partial charge in [0.2, 0.25) is 11.8 Å². The average molecular weight is 187 g/mol. The molecule has 0 aliphatic carbocycles. The van der Waals surface area contributed by atoms with Crippen molar-refractivity contribution in [1.29, 1.82) is 0 Å². The van der Waals surface area contributed by atoms with Gasteiger partial charge in [-0.05, 0) is 6.92 Å². The van der Waals surface area contributed by atoms with E-state index in [1.54, 1.807) is 21.0 Å². The molecule has 76 valence electrons. The molecule has 0 heterocycles. The van der Waals surface area contributed by atoms with Crippen LogP contribution in [0, 0.1) is 0 Å². The number of nitrogens with one attached hydrogen (secondary N) is 1. The zero-order valence-electron chi connectivity index (χ0n) is 8.33. The van der Waals surface area contributed by atoms with Crippen molar-refractivity contribution in [3.8, 4) is 0 Å². The van der Waals surface area contributed by atoms with E-state index in [1.807, 2.05) is 0 Å². The Morgan fingerprint density at radius 2 is 2.00 bits per heavy atom. The SMILES string of the molecule is CC(NCCC(N)=O)C(=O)N(C)C. The fourth-order valence-corrected chi connectivity index (χ4v) is 0.886. The molecule has 2 amide bonds. The van der Waals surface area contributed by atoms with Crippen molar-refractivity contribution < 1.29 is 9.59 Å². The van der Waals surface area contributed by atoms with Crippen LogP contribution in [-0.2, 0) is 9.59 Å². The van der Waals surface area contributed by atoms with Crippen LogP contribution in [0.4, 0.5) is 0 Å². The summed E-state index contributed by atoms with van der Waals surface area (Å²) in [4.78, 5) is 23.1. The summed E-state index contributed by atoms with van der Waals surface area (Å²) < 4.78 is 0. The summed E-state index contributed by atoms with van der Waals surface area (Å²) in [6.07, 6.45) is 0.255. The smallest absolute Gasteiger partial charge is 0.238 e. The predicted molar refractivity (Wildman–Crippen MR) is 50.0 cm³/mol. The summed E-state index contributed by atoms with van der Waals surface area (Å²) in [6.45, 7) is 2.19. The summed E-state index contributed by atoms with van der Waals surface area (Å²) in [6, 6.07) is -0.269. The second-order valence-corrected chi connectivity index (χ2v) is 3.12. The average Bonchev–Trinajstić information content (AvgIpc) is 2.02. The molecule has 0 aromatic rings. The molecule has 0 saturated carbocycles. The van der Waals surface area contributed by atoms with E-state index in [4.69, 9.17) is 5.73 Å². The van der Waals surface area contributed by atoms with E-state index in [-0.39, 0.29) is 24.3 Å². The minimum absolute atomic E-state index is 0.00975. The summed E-state index contributed by atoms with van der Waals surface area (Å²) in [7, 11) is 3.38. The normalized spacial score (nSPS) is 12.2. The number of nitrogens with zero attached hydrogens (tertiary/aromatic N) is 1. The lowest BCUT2D eigenvalue weighted by Gasteiger charge is -2.17. The number of carbonyl (C=O) groups is 2. The maximum atomic E-state index is 11.3. The van der Waals surface area contributed by atoms with Gasteiger partial charge in [0.15, 0.2) is 0 Å². The van der Waals surface area contributed by atoms with Crippen LogP contribution in [0.5, 0.6) is 0 Å². The number of likely N-dealkylation sites (N-methyl/N-ethyl adjacent to an activating group) is 1. The van der Waals surface area contributed by atoms with Gasteiger partial charge in [0.25, 0.3) is 0 Å². The van der Waals surface area contributed by atoms with E-state index in [1.165, 1.54) is 4.90 Å². The highest BCUT2D eigenvalue weighted by Gasteiger charge is 2.13. The standard InChI is InChI=1S/C8H17N3O2/c1-6(8(13)11(2)3)10-5-4-7(9)12/h6,10H,4-5H2,1-3H3,(H2,9,12). The molecule has 13 heavy (non-hydrogen) atoms. The molecule has 0 aromatic carbocycles. The molecular weight excluding hydrogens is 170 g/mol. The number of primary amides is 1. The molecule has 0 spiro atoms. The second-order valence-electron chi connectivity index (χ2n) is 3.12. The fourth-order valence-electron chi connectivity index (χ4n) is 0.886. The van der Waals surface area contributed by atoms with Gasteiger partial charge in [-0.25, -0.2) is 0 Å². The minimum atomic E-state index is -0.364. The Hall–Kier alpha value is -1.10. The zero-order chi connectivity index (χ0) is 10.4. The molecule has 5 nitrogen and oxygen atoms in total. The van der Waals surface area contributed by atoms with Crippen LogP contribution in [0.15, 0.2) is 0 Å². The van der Waals surface area contributed by atoms with Crippen LogP contribution in [0.1, 0.15) is 13.3 Å². The van der Waals surface area contributed by atoms with Crippen molar-refractivity contribution >= 4 is 11.8 Å². The van der Waals surface area contributed by atoms with Crippen molar-refractivity contribution in [2.75, 3.05) is 20.6 Å². The maximum absolute atomic E-state index is 11.3. The van der Waals surface area contributed by atoms with Crippen molar-refractivity contribution in [2.24, 2.45) is 5.73 Å². The summed E-state index contributed by atoms with van der Waals surface area (Å²) in [5, 5.41) is 2.90. The molecule has 0 fully saturated rings. The van der Waals surface area contributed by atoms with Crippen molar-refractivity contribution in [3.05, 3.63) is 0 Å². The zero-order valence-corrected chi connectivity index (χ0v) is 8.33. The first kappa shape index (κ1) is 11.9. The van der Waals surface area contributed by atoms with E-state index >= 15 is 0 Å². The van der Waals surface area contributed by atoms with Crippen molar-refractivity contribution in [2.45, 2.75) is 19.4 Å². The van der Waals surface area contributed by atoms with Gasteiger partial charge >= 0.3 is 0 Å². The summed E-state index contributed by atoms with van der Waals surface area (Å²) >= 11 is 0. The van der Waals surface area contributed by atoms with Crippen LogP contribution >= 0.6 is 0 Å². The van der Waals surface area contributed by atoms with E-state index < -0.39 is 0 Å². The number of hydrogen-bond donors (Lipinski definition) is 2. The fraction of sp³-hybridized carbons (Fsp3) is 0.750. The minimum Gasteiger partial charge on any atom is -0.370 e. The van der Waals surface area contributed by atoms with Crippen molar-refractivity contribution in [3.63, 3.8) is 0 Å². The molecule has 1 unspecified atom stereocenters. The van der Waals surface area contributed by atoms with Gasteiger partial charge < -0.3 is 16.0 Å². The second kappa shape index (κ2) is 5.53. The third kappa shape index (κ3) is 5.19. The predicted octanol–water partition coefficient (Wildman–Crippen LogP) is -1.07.